The summed E-state index contributed by atoms with van der Waals surface area (Å²) in [4.78, 5) is 17.6. The topological polar surface area (TPSA) is 48.7 Å². The van der Waals surface area contributed by atoms with Gasteiger partial charge in [0.1, 0.15) is 0 Å². The van der Waals surface area contributed by atoms with Crippen LogP contribution in [-0.2, 0) is 13.0 Å². The molecule has 0 spiro atoms. The van der Waals surface area contributed by atoms with Crippen molar-refractivity contribution in [2.45, 2.75) is 26.3 Å². The first-order valence-electron chi connectivity index (χ1n) is 10.5. The molecule has 1 aromatic heterocycles. The van der Waals surface area contributed by atoms with E-state index in [9.17, 15) is 9.90 Å². The van der Waals surface area contributed by atoms with Crippen molar-refractivity contribution in [3.63, 3.8) is 0 Å². The zero-order valence-corrected chi connectivity index (χ0v) is 16.8. The van der Waals surface area contributed by atoms with Crippen molar-refractivity contribution in [2.24, 2.45) is 11.3 Å². The van der Waals surface area contributed by atoms with Crippen LogP contribution in [0, 0.1) is 11.3 Å². The van der Waals surface area contributed by atoms with Crippen molar-refractivity contribution in [3.05, 3.63) is 59.9 Å². The molecule has 0 aliphatic carbocycles. The number of hydrogen-bond donors (Lipinski definition) is 1. The number of aliphatic hydroxyl groups is 1. The molecular formula is C23H31N3O2. The third kappa shape index (κ3) is 3.61. The van der Waals surface area contributed by atoms with E-state index in [-0.39, 0.29) is 17.9 Å². The number of nitrogens with zero attached hydrogens (tertiary/aromatic N) is 3. The second-order valence-electron chi connectivity index (χ2n) is 8.42. The van der Waals surface area contributed by atoms with Crippen molar-refractivity contribution >= 4 is 5.91 Å². The number of aliphatic hydroxyl groups excluding tert-OH is 1. The molecule has 28 heavy (non-hydrogen) atoms. The number of amides is 1. The summed E-state index contributed by atoms with van der Waals surface area (Å²) in [7, 11) is 0. The molecular weight excluding hydrogens is 350 g/mol. The number of aromatic nitrogens is 1. The van der Waals surface area contributed by atoms with Crippen LogP contribution >= 0.6 is 0 Å². The van der Waals surface area contributed by atoms with Gasteiger partial charge in [-0.25, -0.2) is 0 Å². The highest BCUT2D eigenvalue weighted by Gasteiger charge is 2.53. The van der Waals surface area contributed by atoms with Gasteiger partial charge in [-0.1, -0.05) is 25.1 Å². The molecule has 1 aromatic carbocycles. The molecule has 2 saturated heterocycles. The van der Waals surface area contributed by atoms with Crippen molar-refractivity contribution in [3.8, 4) is 0 Å². The van der Waals surface area contributed by atoms with Gasteiger partial charge < -0.3 is 19.5 Å². The fourth-order valence-corrected chi connectivity index (χ4v) is 5.04. The van der Waals surface area contributed by atoms with Gasteiger partial charge in [0.25, 0.3) is 5.91 Å². The van der Waals surface area contributed by atoms with Crippen molar-refractivity contribution in [1.82, 2.24) is 14.4 Å². The van der Waals surface area contributed by atoms with Crippen LogP contribution in [0.15, 0.2) is 48.8 Å². The van der Waals surface area contributed by atoms with E-state index < -0.39 is 0 Å². The predicted molar refractivity (Wildman–Crippen MR) is 110 cm³/mol. The molecule has 3 heterocycles. The Labute approximate surface area is 167 Å². The number of benzene rings is 1. The minimum absolute atomic E-state index is 0.124. The van der Waals surface area contributed by atoms with Gasteiger partial charge in [-0.05, 0) is 49.1 Å². The predicted octanol–water partition coefficient (Wildman–Crippen LogP) is 2.51. The Balaban J connectivity index is 1.37. The number of carbonyl (C=O) groups excluding carboxylic acids is 1. The van der Waals surface area contributed by atoms with Gasteiger partial charge >= 0.3 is 0 Å². The minimum atomic E-state index is -0.162. The van der Waals surface area contributed by atoms with E-state index in [0.717, 1.165) is 56.7 Å². The Morgan fingerprint density at radius 1 is 1.11 bits per heavy atom. The summed E-state index contributed by atoms with van der Waals surface area (Å²) in [5.41, 5.74) is 1.76. The third-order valence-electron chi connectivity index (χ3n) is 6.62. The normalized spacial score (nSPS) is 24.6. The van der Waals surface area contributed by atoms with Gasteiger partial charge in [0.15, 0.2) is 0 Å². The molecule has 1 amide bonds. The molecule has 5 nitrogen and oxygen atoms in total. The Morgan fingerprint density at radius 3 is 2.61 bits per heavy atom. The SMILES string of the molecule is CCc1ccccc1C(=O)N1CC2CN(CCCn3cccc3)CC2(CO)C1. The monoisotopic (exact) mass is 381 g/mol. The Hall–Kier alpha value is -2.11. The lowest BCUT2D eigenvalue weighted by atomic mass is 9.82. The van der Waals surface area contributed by atoms with Gasteiger partial charge in [-0.3, -0.25) is 4.79 Å². The summed E-state index contributed by atoms with van der Waals surface area (Å²) in [6.45, 7) is 7.60. The average molecular weight is 382 g/mol. The number of likely N-dealkylation sites (tertiary alicyclic amines) is 2. The molecule has 4 rings (SSSR count). The Kier molecular flexibility index (Phi) is 5.56. The van der Waals surface area contributed by atoms with E-state index in [0.29, 0.717) is 12.5 Å². The Morgan fingerprint density at radius 2 is 1.89 bits per heavy atom. The number of aryl methyl sites for hydroxylation is 2. The first-order chi connectivity index (χ1) is 13.6. The van der Waals surface area contributed by atoms with E-state index in [1.807, 2.05) is 29.2 Å². The molecule has 2 atom stereocenters. The van der Waals surface area contributed by atoms with Crippen LogP contribution < -0.4 is 0 Å². The van der Waals surface area contributed by atoms with Crippen LogP contribution in [0.4, 0.5) is 0 Å². The van der Waals surface area contributed by atoms with Crippen molar-refractivity contribution < 1.29 is 9.90 Å². The fraction of sp³-hybridized carbons (Fsp3) is 0.522. The summed E-state index contributed by atoms with van der Waals surface area (Å²) < 4.78 is 2.21. The molecule has 2 fully saturated rings. The van der Waals surface area contributed by atoms with Crippen molar-refractivity contribution in [1.29, 1.82) is 0 Å². The highest BCUT2D eigenvalue weighted by Crippen LogP contribution is 2.42. The maximum absolute atomic E-state index is 13.1. The summed E-state index contributed by atoms with van der Waals surface area (Å²) in [6, 6.07) is 12.0. The molecule has 2 aromatic rings. The number of rotatable bonds is 7. The van der Waals surface area contributed by atoms with E-state index in [2.05, 4.69) is 40.9 Å². The minimum Gasteiger partial charge on any atom is -0.396 e. The molecule has 0 bridgehead atoms. The zero-order chi connectivity index (χ0) is 19.6. The maximum Gasteiger partial charge on any atom is 0.254 e. The largest absolute Gasteiger partial charge is 0.396 e. The van der Waals surface area contributed by atoms with Crippen molar-refractivity contribution in [2.75, 3.05) is 39.3 Å². The average Bonchev–Trinajstić information content (AvgIpc) is 3.42. The van der Waals surface area contributed by atoms with E-state index in [4.69, 9.17) is 0 Å². The van der Waals surface area contributed by atoms with Crippen LogP contribution in [0.5, 0.6) is 0 Å². The van der Waals surface area contributed by atoms with E-state index in [1.54, 1.807) is 0 Å². The standard InChI is InChI=1S/C23H31N3O2/c1-2-19-8-3-4-9-21(19)22(28)26-15-20-14-25(16-23(20,17-26)18-27)13-7-12-24-10-5-6-11-24/h3-6,8-11,20,27H,2,7,12-18H2,1H3. The van der Waals surface area contributed by atoms with Crippen LogP contribution in [0.1, 0.15) is 29.3 Å². The number of carbonyl (C=O) groups is 1. The second kappa shape index (κ2) is 8.10. The third-order valence-corrected chi connectivity index (χ3v) is 6.62. The molecule has 2 aliphatic heterocycles. The summed E-state index contributed by atoms with van der Waals surface area (Å²) >= 11 is 0. The second-order valence-corrected chi connectivity index (χ2v) is 8.42. The van der Waals surface area contributed by atoms with E-state index >= 15 is 0 Å². The smallest absolute Gasteiger partial charge is 0.254 e. The van der Waals surface area contributed by atoms with Crippen LogP contribution in [0.25, 0.3) is 0 Å². The lowest BCUT2D eigenvalue weighted by molar-refractivity contribution is 0.0719. The Bertz CT molecular complexity index is 804. The quantitative estimate of drug-likeness (QED) is 0.802. The lowest BCUT2D eigenvalue weighted by Gasteiger charge is -2.27. The molecule has 0 saturated carbocycles. The van der Waals surface area contributed by atoms with Crippen LogP contribution in [0.3, 0.4) is 0 Å². The molecule has 1 N–H and O–H groups in total. The summed E-state index contributed by atoms with van der Waals surface area (Å²) in [5.74, 6) is 0.487. The van der Waals surface area contributed by atoms with Gasteiger partial charge in [0.05, 0.1) is 6.61 Å². The maximum atomic E-state index is 13.1. The first kappa shape index (κ1) is 19.2. The highest BCUT2D eigenvalue weighted by atomic mass is 16.3. The lowest BCUT2D eigenvalue weighted by Crippen LogP contribution is -2.39. The summed E-state index contributed by atoms with van der Waals surface area (Å²) in [6.07, 6.45) is 6.17. The molecule has 150 valence electrons. The highest BCUT2D eigenvalue weighted by molar-refractivity contribution is 5.96. The van der Waals surface area contributed by atoms with Gasteiger partial charge in [-0.2, -0.15) is 0 Å². The molecule has 2 unspecified atom stereocenters. The van der Waals surface area contributed by atoms with Gasteiger partial charge in [0, 0.05) is 56.1 Å². The molecule has 5 heteroatoms. The zero-order valence-electron chi connectivity index (χ0n) is 16.8. The molecule has 0 radical (unpaired) electrons. The molecule has 2 aliphatic rings. The van der Waals surface area contributed by atoms with Gasteiger partial charge in [-0.15, -0.1) is 0 Å². The van der Waals surface area contributed by atoms with Gasteiger partial charge in [0.2, 0.25) is 0 Å². The van der Waals surface area contributed by atoms with E-state index in [1.165, 1.54) is 0 Å². The van der Waals surface area contributed by atoms with Crippen LogP contribution in [0.2, 0.25) is 0 Å². The first-order valence-corrected chi connectivity index (χ1v) is 10.5. The van der Waals surface area contributed by atoms with Crippen LogP contribution in [-0.4, -0.2) is 64.7 Å². The fourth-order valence-electron chi connectivity index (χ4n) is 5.04. The number of hydrogen-bond acceptors (Lipinski definition) is 3. The summed E-state index contributed by atoms with van der Waals surface area (Å²) in [5, 5.41) is 10.2. The number of fused-ring (bicyclic) bond motifs is 1.